The number of hydrogen-bond acceptors (Lipinski definition) is 4. The second-order valence-electron chi connectivity index (χ2n) is 7.54. The lowest BCUT2D eigenvalue weighted by Crippen LogP contribution is -2.46. The van der Waals surface area contributed by atoms with Gasteiger partial charge in [-0.1, -0.05) is 24.6 Å². The van der Waals surface area contributed by atoms with Crippen LogP contribution in [0.5, 0.6) is 0 Å². The van der Waals surface area contributed by atoms with Crippen molar-refractivity contribution >= 4 is 39.6 Å². The van der Waals surface area contributed by atoms with E-state index in [1.165, 1.54) is 12.5 Å². The number of rotatable bonds is 4. The van der Waals surface area contributed by atoms with Crippen LogP contribution in [0.4, 0.5) is 10.1 Å². The van der Waals surface area contributed by atoms with Gasteiger partial charge in [-0.15, -0.1) is 0 Å². The maximum atomic E-state index is 14.4. The Kier molecular flexibility index (Phi) is 4.55. The minimum absolute atomic E-state index is 0.339. The molecule has 2 aliphatic heterocycles. The number of allylic oxidation sites excluding steroid dienone is 1. The van der Waals surface area contributed by atoms with E-state index in [1.807, 2.05) is 24.4 Å². The van der Waals surface area contributed by atoms with Crippen LogP contribution in [-0.4, -0.2) is 35.3 Å². The van der Waals surface area contributed by atoms with E-state index >= 15 is 0 Å². The number of halogens is 2. The van der Waals surface area contributed by atoms with Gasteiger partial charge in [0.2, 0.25) is 0 Å². The van der Waals surface area contributed by atoms with Crippen molar-refractivity contribution in [1.29, 1.82) is 0 Å². The Morgan fingerprint density at radius 2 is 2.00 bits per heavy atom. The average Bonchev–Trinajstić information content (AvgIpc) is 3.18. The monoisotopic (exact) mass is 406 g/mol. The molecule has 1 saturated heterocycles. The lowest BCUT2D eigenvalue weighted by molar-refractivity contribution is 0.398. The van der Waals surface area contributed by atoms with Crippen molar-refractivity contribution in [3.63, 3.8) is 0 Å². The zero-order valence-electron chi connectivity index (χ0n) is 16.1. The van der Waals surface area contributed by atoms with Gasteiger partial charge in [0.05, 0.1) is 40.9 Å². The number of pyridine rings is 2. The Bertz CT molecular complexity index is 1160. The minimum Gasteiger partial charge on any atom is -0.370 e. The number of nitrogens with zero attached hydrogens (tertiary/aromatic N) is 4. The van der Waals surface area contributed by atoms with Crippen molar-refractivity contribution in [2.45, 2.75) is 13.3 Å². The highest BCUT2D eigenvalue weighted by molar-refractivity contribution is 6.35. The molecule has 4 nitrogen and oxygen atoms in total. The number of hydrogen-bond donors (Lipinski definition) is 0. The fraction of sp³-hybridized carbons (Fsp3) is 0.261. The van der Waals surface area contributed by atoms with Crippen molar-refractivity contribution in [2.24, 2.45) is 10.9 Å². The molecule has 1 fully saturated rings. The van der Waals surface area contributed by atoms with Crippen LogP contribution in [0.25, 0.3) is 16.6 Å². The van der Waals surface area contributed by atoms with Crippen LogP contribution in [0.1, 0.15) is 24.6 Å². The van der Waals surface area contributed by atoms with Crippen molar-refractivity contribution in [2.75, 3.05) is 24.5 Å². The fourth-order valence-corrected chi connectivity index (χ4v) is 4.08. The third kappa shape index (κ3) is 3.29. The van der Waals surface area contributed by atoms with Crippen LogP contribution in [-0.2, 0) is 0 Å². The quantitative estimate of drug-likeness (QED) is 0.601. The molecule has 2 aromatic heterocycles. The topological polar surface area (TPSA) is 41.4 Å². The molecule has 29 heavy (non-hydrogen) atoms. The smallest absolute Gasteiger partial charge is 0.132 e. The number of benzene rings is 1. The molecular weight excluding hydrogens is 387 g/mol. The summed E-state index contributed by atoms with van der Waals surface area (Å²) < 4.78 is 14.4. The zero-order chi connectivity index (χ0) is 20.0. The van der Waals surface area contributed by atoms with E-state index in [4.69, 9.17) is 16.6 Å². The van der Waals surface area contributed by atoms with E-state index in [1.54, 1.807) is 12.1 Å². The standard InChI is InChI=1S/C23H20ClFN4/c1-2-14-12-29(13-14)16-10-22-21(27-11-16)6-5-20(28-22)17-7-8-26-23(17)18-9-15(24)3-4-19(18)25/h3-7,9-11,14H,2,8,12-13H2,1H3. The highest BCUT2D eigenvalue weighted by Gasteiger charge is 2.26. The fourth-order valence-electron chi connectivity index (χ4n) is 3.90. The summed E-state index contributed by atoms with van der Waals surface area (Å²) in [5.74, 6) is 0.425. The minimum atomic E-state index is -0.339. The molecule has 0 N–H and O–H groups in total. The van der Waals surface area contributed by atoms with Gasteiger partial charge in [0.1, 0.15) is 5.82 Å². The van der Waals surface area contributed by atoms with Gasteiger partial charge in [-0.05, 0) is 48.7 Å². The predicted molar refractivity (Wildman–Crippen MR) is 116 cm³/mol. The second kappa shape index (κ2) is 7.23. The van der Waals surface area contributed by atoms with Gasteiger partial charge in [0.25, 0.3) is 0 Å². The Morgan fingerprint density at radius 3 is 2.83 bits per heavy atom. The molecule has 0 radical (unpaired) electrons. The molecule has 6 heteroatoms. The molecule has 0 aliphatic carbocycles. The van der Waals surface area contributed by atoms with Crippen LogP contribution in [0.2, 0.25) is 5.02 Å². The Hall–Kier alpha value is -2.79. The summed E-state index contributed by atoms with van der Waals surface area (Å²) in [5.41, 5.74) is 5.36. The van der Waals surface area contributed by atoms with Gasteiger partial charge in [-0.25, -0.2) is 9.37 Å². The van der Waals surface area contributed by atoms with Crippen molar-refractivity contribution in [3.8, 4) is 0 Å². The van der Waals surface area contributed by atoms with Gasteiger partial charge in [0, 0.05) is 29.2 Å². The predicted octanol–water partition coefficient (Wildman–Crippen LogP) is 5.15. The second-order valence-corrected chi connectivity index (χ2v) is 7.98. The molecular formula is C23H20ClFN4. The largest absolute Gasteiger partial charge is 0.370 e. The van der Waals surface area contributed by atoms with Crippen LogP contribution < -0.4 is 4.90 Å². The third-order valence-electron chi connectivity index (χ3n) is 5.68. The number of fused-ring (bicyclic) bond motifs is 1. The lowest BCUT2D eigenvalue weighted by Gasteiger charge is -2.40. The molecule has 1 aromatic carbocycles. The summed E-state index contributed by atoms with van der Waals surface area (Å²) in [6, 6.07) is 10.5. The first-order valence-electron chi connectivity index (χ1n) is 9.85. The van der Waals surface area contributed by atoms with E-state index < -0.39 is 0 Å². The molecule has 0 unspecified atom stereocenters. The molecule has 3 aromatic rings. The van der Waals surface area contributed by atoms with E-state index in [-0.39, 0.29) is 5.82 Å². The molecule has 0 bridgehead atoms. The maximum absolute atomic E-state index is 14.4. The Balaban J connectivity index is 1.50. The van der Waals surface area contributed by atoms with E-state index in [2.05, 4.69) is 27.9 Å². The summed E-state index contributed by atoms with van der Waals surface area (Å²) in [5, 5.41) is 0.482. The summed E-state index contributed by atoms with van der Waals surface area (Å²) in [6.45, 7) is 4.87. The van der Waals surface area contributed by atoms with Crippen LogP contribution in [0, 0.1) is 11.7 Å². The van der Waals surface area contributed by atoms with E-state index in [9.17, 15) is 4.39 Å². The van der Waals surface area contributed by atoms with Crippen LogP contribution >= 0.6 is 11.6 Å². The SMILES string of the molecule is CCC1CN(c2cnc3ccc(C4=CCN=C4c4cc(Cl)ccc4F)nc3c2)C1. The number of anilines is 1. The Labute approximate surface area is 173 Å². The summed E-state index contributed by atoms with van der Waals surface area (Å²) in [6.07, 6.45) is 5.09. The summed E-state index contributed by atoms with van der Waals surface area (Å²) in [4.78, 5) is 16.2. The molecule has 0 saturated carbocycles. The first-order valence-corrected chi connectivity index (χ1v) is 10.2. The molecule has 4 heterocycles. The summed E-state index contributed by atoms with van der Waals surface area (Å²) in [7, 11) is 0. The van der Waals surface area contributed by atoms with Crippen LogP contribution in [0.15, 0.2) is 53.7 Å². The van der Waals surface area contributed by atoms with Gasteiger partial charge in [0.15, 0.2) is 0 Å². The Morgan fingerprint density at radius 1 is 1.14 bits per heavy atom. The van der Waals surface area contributed by atoms with E-state index in [0.29, 0.717) is 22.8 Å². The molecule has 5 rings (SSSR count). The molecule has 2 aliphatic rings. The zero-order valence-corrected chi connectivity index (χ0v) is 16.8. The molecule has 0 spiro atoms. The highest BCUT2D eigenvalue weighted by Crippen LogP contribution is 2.30. The van der Waals surface area contributed by atoms with Gasteiger partial charge >= 0.3 is 0 Å². The lowest BCUT2D eigenvalue weighted by atomic mass is 9.97. The third-order valence-corrected chi connectivity index (χ3v) is 5.92. The van der Waals surface area contributed by atoms with Gasteiger partial charge in [-0.2, -0.15) is 0 Å². The summed E-state index contributed by atoms with van der Waals surface area (Å²) >= 11 is 6.08. The van der Waals surface area contributed by atoms with Crippen molar-refractivity contribution < 1.29 is 4.39 Å². The average molecular weight is 407 g/mol. The number of aliphatic imine (C=N–C) groups is 1. The molecule has 146 valence electrons. The van der Waals surface area contributed by atoms with Gasteiger partial charge < -0.3 is 4.90 Å². The maximum Gasteiger partial charge on any atom is 0.132 e. The highest BCUT2D eigenvalue weighted by atomic mass is 35.5. The first-order chi connectivity index (χ1) is 14.1. The van der Waals surface area contributed by atoms with Crippen molar-refractivity contribution in [3.05, 3.63) is 70.8 Å². The molecule has 0 amide bonds. The van der Waals surface area contributed by atoms with Gasteiger partial charge in [-0.3, -0.25) is 9.98 Å². The van der Waals surface area contributed by atoms with Crippen molar-refractivity contribution in [1.82, 2.24) is 9.97 Å². The first kappa shape index (κ1) is 18.3. The number of aromatic nitrogens is 2. The van der Waals surface area contributed by atoms with E-state index in [0.717, 1.165) is 47.0 Å². The normalized spacial score (nSPS) is 16.7. The molecule has 0 atom stereocenters. The van der Waals surface area contributed by atoms with Crippen LogP contribution in [0.3, 0.4) is 0 Å².